The minimum Gasteiger partial charge on any atom is -0.449 e. The van der Waals surface area contributed by atoms with E-state index in [1.807, 2.05) is 22.9 Å². The van der Waals surface area contributed by atoms with Crippen molar-refractivity contribution in [3.05, 3.63) is 42.1 Å². The van der Waals surface area contributed by atoms with E-state index in [9.17, 15) is 4.79 Å². The molecule has 3 rings (SSSR count). The molecule has 7 heteroatoms. The van der Waals surface area contributed by atoms with Crippen LogP contribution in [0.5, 0.6) is 0 Å². The number of nitrogens with two attached hydrogens (primary N) is 1. The molecular weight excluding hydrogens is 344 g/mol. The van der Waals surface area contributed by atoms with Crippen LogP contribution in [0.25, 0.3) is 0 Å². The van der Waals surface area contributed by atoms with Gasteiger partial charge in [0.1, 0.15) is 13.9 Å². The Hall–Kier alpha value is -2.72. The zero-order chi connectivity index (χ0) is 18.7. The standard InChI is InChI=1S/C19H24N4O2Si/c1-26(2,3)11-9-15-4-6-17(7-5-15)22-12-16(14-25-19(20)24)13-23-18(22)8-10-21-23/h4-8,10,16H,12-14H2,1-3H3,(H2,20,24). The van der Waals surface area contributed by atoms with E-state index in [2.05, 4.69) is 53.2 Å². The Morgan fingerprint density at radius 1 is 1.27 bits per heavy atom. The van der Waals surface area contributed by atoms with Crippen LogP contribution < -0.4 is 10.6 Å². The van der Waals surface area contributed by atoms with Crippen molar-refractivity contribution in [2.24, 2.45) is 11.7 Å². The first-order valence-electron chi connectivity index (χ1n) is 8.67. The van der Waals surface area contributed by atoms with Crippen molar-refractivity contribution in [1.82, 2.24) is 9.78 Å². The monoisotopic (exact) mass is 368 g/mol. The van der Waals surface area contributed by atoms with Gasteiger partial charge in [0.25, 0.3) is 0 Å². The summed E-state index contributed by atoms with van der Waals surface area (Å²) in [5, 5.41) is 4.37. The molecular formula is C19H24N4O2Si. The highest BCUT2D eigenvalue weighted by Crippen LogP contribution is 2.31. The number of ether oxygens (including phenoxy) is 1. The van der Waals surface area contributed by atoms with Crippen molar-refractivity contribution >= 4 is 25.7 Å². The Labute approximate surface area is 154 Å². The third-order valence-electron chi connectivity index (χ3n) is 4.06. The van der Waals surface area contributed by atoms with Gasteiger partial charge in [-0.25, -0.2) is 9.48 Å². The maximum Gasteiger partial charge on any atom is 0.404 e. The van der Waals surface area contributed by atoms with Gasteiger partial charge in [0.2, 0.25) is 0 Å². The number of nitrogens with zero attached hydrogens (tertiary/aromatic N) is 3. The first-order valence-corrected chi connectivity index (χ1v) is 12.2. The Morgan fingerprint density at radius 3 is 2.65 bits per heavy atom. The number of carbonyl (C=O) groups excluding carboxylic acids is 1. The average molecular weight is 369 g/mol. The van der Waals surface area contributed by atoms with Gasteiger partial charge in [-0.2, -0.15) is 5.10 Å². The summed E-state index contributed by atoms with van der Waals surface area (Å²) in [4.78, 5) is 13.1. The number of hydrogen-bond donors (Lipinski definition) is 1. The molecule has 1 unspecified atom stereocenters. The van der Waals surface area contributed by atoms with Crippen molar-refractivity contribution < 1.29 is 9.53 Å². The van der Waals surface area contributed by atoms with Crippen molar-refractivity contribution in [2.75, 3.05) is 18.1 Å². The molecule has 0 bridgehead atoms. The normalized spacial score (nSPS) is 16.4. The highest BCUT2D eigenvalue weighted by Gasteiger charge is 2.26. The molecule has 136 valence electrons. The average Bonchev–Trinajstić information content (AvgIpc) is 3.06. The SMILES string of the molecule is C[Si](C)(C)C#Cc1ccc(N2CC(COC(N)=O)Cn3nccc32)cc1. The molecule has 1 aromatic carbocycles. The summed E-state index contributed by atoms with van der Waals surface area (Å²) in [6.07, 6.45) is 1.04. The molecule has 2 aromatic rings. The third-order valence-corrected chi connectivity index (χ3v) is 4.94. The smallest absolute Gasteiger partial charge is 0.404 e. The molecule has 1 amide bonds. The molecule has 1 aliphatic heterocycles. The highest BCUT2D eigenvalue weighted by molar-refractivity contribution is 6.83. The van der Waals surface area contributed by atoms with E-state index in [4.69, 9.17) is 10.5 Å². The highest BCUT2D eigenvalue weighted by atomic mass is 28.3. The van der Waals surface area contributed by atoms with E-state index in [0.29, 0.717) is 6.54 Å². The largest absolute Gasteiger partial charge is 0.449 e. The number of hydrogen-bond acceptors (Lipinski definition) is 4. The number of anilines is 2. The minimum atomic E-state index is -1.39. The van der Waals surface area contributed by atoms with Crippen molar-refractivity contribution in [3.8, 4) is 11.5 Å². The summed E-state index contributed by atoms with van der Waals surface area (Å²) in [5.41, 5.74) is 10.6. The summed E-state index contributed by atoms with van der Waals surface area (Å²) in [7, 11) is -1.39. The van der Waals surface area contributed by atoms with Gasteiger partial charge in [-0.1, -0.05) is 25.6 Å². The fourth-order valence-electron chi connectivity index (χ4n) is 2.88. The molecule has 1 atom stereocenters. The quantitative estimate of drug-likeness (QED) is 0.668. The second-order valence-corrected chi connectivity index (χ2v) is 12.3. The number of aromatic nitrogens is 2. The van der Waals surface area contributed by atoms with Crippen LogP contribution >= 0.6 is 0 Å². The summed E-state index contributed by atoms with van der Waals surface area (Å²) in [6.45, 7) is 8.42. The van der Waals surface area contributed by atoms with E-state index in [1.165, 1.54) is 0 Å². The van der Waals surface area contributed by atoms with Crippen LogP contribution in [0.3, 0.4) is 0 Å². The lowest BCUT2D eigenvalue weighted by Crippen LogP contribution is -2.38. The summed E-state index contributed by atoms with van der Waals surface area (Å²) in [5.74, 6) is 4.43. The number of amides is 1. The second kappa shape index (κ2) is 7.26. The number of benzene rings is 1. The molecule has 0 saturated heterocycles. The zero-order valence-corrected chi connectivity index (χ0v) is 16.4. The summed E-state index contributed by atoms with van der Waals surface area (Å²) < 4.78 is 6.92. The van der Waals surface area contributed by atoms with Crippen LogP contribution in [0.1, 0.15) is 5.56 Å². The molecule has 0 fully saturated rings. The Morgan fingerprint density at radius 2 is 2.00 bits per heavy atom. The number of primary amides is 1. The lowest BCUT2D eigenvalue weighted by atomic mass is 10.1. The van der Waals surface area contributed by atoms with E-state index >= 15 is 0 Å². The van der Waals surface area contributed by atoms with Gasteiger partial charge in [0.15, 0.2) is 0 Å². The van der Waals surface area contributed by atoms with E-state index in [0.717, 1.165) is 23.6 Å². The van der Waals surface area contributed by atoms with Crippen LogP contribution in [-0.2, 0) is 11.3 Å². The van der Waals surface area contributed by atoms with Gasteiger partial charge in [-0.05, 0) is 24.3 Å². The predicted octanol–water partition coefficient (Wildman–Crippen LogP) is 2.98. The first-order chi connectivity index (χ1) is 12.3. The maximum absolute atomic E-state index is 10.9. The van der Waals surface area contributed by atoms with Gasteiger partial charge in [0.05, 0.1) is 19.3 Å². The number of rotatable bonds is 3. The van der Waals surface area contributed by atoms with Crippen molar-refractivity contribution in [3.63, 3.8) is 0 Å². The van der Waals surface area contributed by atoms with Crippen molar-refractivity contribution in [1.29, 1.82) is 0 Å². The Kier molecular flexibility index (Phi) is 5.05. The minimum absolute atomic E-state index is 0.126. The Balaban J connectivity index is 1.81. The molecule has 6 nitrogen and oxygen atoms in total. The molecule has 1 aromatic heterocycles. The van der Waals surface area contributed by atoms with Crippen molar-refractivity contribution in [2.45, 2.75) is 26.2 Å². The van der Waals surface area contributed by atoms with E-state index in [1.54, 1.807) is 6.20 Å². The molecule has 2 N–H and O–H groups in total. The first kappa shape index (κ1) is 18.1. The van der Waals surface area contributed by atoms with Gasteiger partial charge >= 0.3 is 6.09 Å². The fraction of sp³-hybridized carbons (Fsp3) is 0.368. The van der Waals surface area contributed by atoms with E-state index < -0.39 is 14.2 Å². The second-order valence-electron chi connectivity index (χ2n) is 7.53. The maximum atomic E-state index is 10.9. The lowest BCUT2D eigenvalue weighted by Gasteiger charge is -2.34. The van der Waals surface area contributed by atoms with Gasteiger partial charge in [-0.15, -0.1) is 5.54 Å². The summed E-state index contributed by atoms with van der Waals surface area (Å²) in [6, 6.07) is 10.2. The molecule has 0 aliphatic carbocycles. The molecule has 2 heterocycles. The third kappa shape index (κ3) is 4.46. The van der Waals surface area contributed by atoms with Crippen LogP contribution in [-0.4, -0.2) is 37.1 Å². The van der Waals surface area contributed by atoms with Gasteiger partial charge in [-0.3, -0.25) is 0 Å². The van der Waals surface area contributed by atoms with Crippen LogP contribution in [0.2, 0.25) is 19.6 Å². The fourth-order valence-corrected chi connectivity index (χ4v) is 3.40. The molecule has 1 aliphatic rings. The lowest BCUT2D eigenvalue weighted by molar-refractivity contribution is 0.129. The number of fused-ring (bicyclic) bond motifs is 1. The van der Waals surface area contributed by atoms with Crippen LogP contribution in [0.4, 0.5) is 16.3 Å². The van der Waals surface area contributed by atoms with Crippen LogP contribution in [0.15, 0.2) is 36.5 Å². The molecule has 0 radical (unpaired) electrons. The number of carbonyl (C=O) groups is 1. The predicted molar refractivity (Wildman–Crippen MR) is 105 cm³/mol. The Bertz CT molecular complexity index is 843. The topological polar surface area (TPSA) is 73.4 Å². The molecule has 0 saturated carbocycles. The molecule has 26 heavy (non-hydrogen) atoms. The van der Waals surface area contributed by atoms with Crippen LogP contribution in [0, 0.1) is 17.4 Å². The summed E-state index contributed by atoms with van der Waals surface area (Å²) >= 11 is 0. The molecule has 0 spiro atoms. The zero-order valence-electron chi connectivity index (χ0n) is 15.4. The van der Waals surface area contributed by atoms with Gasteiger partial charge < -0.3 is 15.4 Å². The van der Waals surface area contributed by atoms with E-state index in [-0.39, 0.29) is 12.5 Å². The van der Waals surface area contributed by atoms with Gasteiger partial charge in [0, 0.05) is 29.8 Å².